The van der Waals surface area contributed by atoms with Crippen LogP contribution in [0.25, 0.3) is 5.57 Å². The van der Waals surface area contributed by atoms with Gasteiger partial charge in [0.1, 0.15) is 5.49 Å². The molecule has 1 aliphatic rings. The van der Waals surface area contributed by atoms with E-state index in [1.807, 2.05) is 18.3 Å². The van der Waals surface area contributed by atoms with E-state index in [0.717, 1.165) is 33.4 Å². The predicted octanol–water partition coefficient (Wildman–Crippen LogP) is 1.70. The second-order valence-electron chi connectivity index (χ2n) is 6.29. The molecule has 0 radical (unpaired) electrons. The normalized spacial score (nSPS) is 15.1. The average molecular weight is 345 g/mol. The first-order valence-electron chi connectivity index (χ1n) is 8.21. The Kier molecular flexibility index (Phi) is 5.16. The van der Waals surface area contributed by atoms with Gasteiger partial charge in [0.25, 0.3) is 5.91 Å². The largest absolute Gasteiger partial charge is 0.383 e. The van der Waals surface area contributed by atoms with Crippen molar-refractivity contribution in [1.29, 1.82) is 0 Å². The first-order chi connectivity index (χ1) is 11.6. The molecule has 3 rings (SSSR count). The maximum atomic E-state index is 12.5. The van der Waals surface area contributed by atoms with Crippen molar-refractivity contribution in [3.63, 3.8) is 0 Å². The van der Waals surface area contributed by atoms with Crippen LogP contribution in [-0.2, 0) is 4.74 Å². The summed E-state index contributed by atoms with van der Waals surface area (Å²) in [5.74, 6) is 0.294. The third kappa shape index (κ3) is 3.44. The van der Waals surface area contributed by atoms with E-state index in [9.17, 15) is 4.79 Å². The second kappa shape index (κ2) is 7.32. The van der Waals surface area contributed by atoms with Crippen molar-refractivity contribution >= 4 is 22.8 Å². The standard InChI is InChI=1S/C18H23N3O2S/c1-11(2)14(10-23-3)21-18(22)16-5-4-15(24-16)12-6-8-19-17-13(12)7-9-20-17/h4-5,7,9,11,14H,6,8,10H2,1-3H3,(H,19,20)(H,21,22). The molecule has 1 atom stereocenters. The number of carbonyl (C=O) groups excluding carboxylic acids is 1. The molecule has 6 heteroatoms. The molecule has 0 bridgehead atoms. The number of aromatic amines is 1. The molecule has 0 spiro atoms. The molecule has 128 valence electrons. The number of aromatic nitrogens is 1. The lowest BCUT2D eigenvalue weighted by atomic mass is 10.1. The minimum absolute atomic E-state index is 0.0189. The van der Waals surface area contributed by atoms with Crippen LogP contribution in [-0.4, -0.2) is 37.2 Å². The topological polar surface area (TPSA) is 66.5 Å². The van der Waals surface area contributed by atoms with Gasteiger partial charge in [0.05, 0.1) is 17.5 Å². The first kappa shape index (κ1) is 16.9. The summed E-state index contributed by atoms with van der Waals surface area (Å²) in [5.41, 5.74) is 2.21. The summed E-state index contributed by atoms with van der Waals surface area (Å²) in [5, 5.41) is 4.22. The van der Waals surface area contributed by atoms with Crippen LogP contribution in [0.1, 0.15) is 34.8 Å². The number of hydrogen-bond acceptors (Lipinski definition) is 4. The van der Waals surface area contributed by atoms with Gasteiger partial charge in [0, 0.05) is 29.9 Å². The maximum Gasteiger partial charge on any atom is 0.261 e. The lowest BCUT2D eigenvalue weighted by molar-refractivity contribution is 0.0870. The zero-order valence-electron chi connectivity index (χ0n) is 14.3. The van der Waals surface area contributed by atoms with Gasteiger partial charge in [-0.25, -0.2) is 0 Å². The number of nitrogens with one attached hydrogen (secondary N) is 2. The number of hydrogen-bond donors (Lipinski definition) is 2. The second-order valence-corrected chi connectivity index (χ2v) is 7.38. The summed E-state index contributed by atoms with van der Waals surface area (Å²) >= 11 is 1.54. The van der Waals surface area contributed by atoms with Crippen LogP contribution < -0.4 is 16.0 Å². The van der Waals surface area contributed by atoms with Crippen molar-refractivity contribution in [2.75, 3.05) is 20.3 Å². The third-order valence-electron chi connectivity index (χ3n) is 4.28. The molecule has 2 aromatic rings. The molecule has 0 saturated heterocycles. The van der Waals surface area contributed by atoms with Crippen LogP contribution in [0.15, 0.2) is 29.4 Å². The van der Waals surface area contributed by atoms with Crippen LogP contribution in [0.5, 0.6) is 0 Å². The van der Waals surface area contributed by atoms with E-state index < -0.39 is 0 Å². The van der Waals surface area contributed by atoms with Crippen molar-refractivity contribution in [3.8, 4) is 0 Å². The molecule has 2 aromatic heterocycles. The number of fused-ring (bicyclic) bond motifs is 1. The summed E-state index contributed by atoms with van der Waals surface area (Å²) in [4.78, 5) is 22.1. The Labute approximate surface area is 145 Å². The summed E-state index contributed by atoms with van der Waals surface area (Å²) in [7, 11) is 1.66. The Bertz CT molecular complexity index is 835. The van der Waals surface area contributed by atoms with E-state index in [0.29, 0.717) is 12.5 Å². The summed E-state index contributed by atoms with van der Waals surface area (Å²) < 4.78 is 5.20. The van der Waals surface area contributed by atoms with Crippen LogP contribution in [0.2, 0.25) is 0 Å². The number of carbonyl (C=O) groups is 1. The fourth-order valence-electron chi connectivity index (χ4n) is 2.85. The molecule has 2 N–H and O–H groups in total. The zero-order chi connectivity index (χ0) is 17.1. The summed E-state index contributed by atoms with van der Waals surface area (Å²) in [6, 6.07) is 6.02. The van der Waals surface area contributed by atoms with E-state index >= 15 is 0 Å². The van der Waals surface area contributed by atoms with Gasteiger partial charge in [-0.3, -0.25) is 9.79 Å². The summed E-state index contributed by atoms with van der Waals surface area (Å²) in [6.45, 7) is 5.47. The van der Waals surface area contributed by atoms with E-state index in [-0.39, 0.29) is 11.9 Å². The van der Waals surface area contributed by atoms with Crippen molar-refractivity contribution < 1.29 is 9.53 Å². The fourth-order valence-corrected chi connectivity index (χ4v) is 3.84. The lowest BCUT2D eigenvalue weighted by Crippen LogP contribution is -2.41. The van der Waals surface area contributed by atoms with Gasteiger partial charge in [-0.2, -0.15) is 0 Å². The predicted molar refractivity (Wildman–Crippen MR) is 95.9 cm³/mol. The molecule has 0 aliphatic carbocycles. The van der Waals surface area contributed by atoms with E-state index in [1.165, 1.54) is 5.57 Å². The maximum absolute atomic E-state index is 12.5. The number of amides is 1. The Balaban J connectivity index is 1.83. The van der Waals surface area contributed by atoms with Gasteiger partial charge in [-0.1, -0.05) is 13.8 Å². The number of nitrogens with zero attached hydrogens (tertiary/aromatic N) is 1. The Morgan fingerprint density at radius 3 is 3.00 bits per heavy atom. The van der Waals surface area contributed by atoms with E-state index in [4.69, 9.17) is 4.74 Å². The molecule has 0 saturated carbocycles. The highest BCUT2D eigenvalue weighted by molar-refractivity contribution is 7.15. The zero-order valence-corrected chi connectivity index (χ0v) is 15.1. The minimum Gasteiger partial charge on any atom is -0.383 e. The monoisotopic (exact) mass is 345 g/mol. The number of thiophene rings is 1. The highest BCUT2D eigenvalue weighted by atomic mass is 32.1. The van der Waals surface area contributed by atoms with Crippen LogP contribution in [0.3, 0.4) is 0 Å². The lowest BCUT2D eigenvalue weighted by Gasteiger charge is -2.21. The molecule has 1 aliphatic heterocycles. The number of H-pyrrole nitrogens is 1. The van der Waals surface area contributed by atoms with Gasteiger partial charge in [0.15, 0.2) is 0 Å². The number of rotatable bonds is 6. The van der Waals surface area contributed by atoms with Crippen molar-refractivity contribution in [1.82, 2.24) is 10.3 Å². The van der Waals surface area contributed by atoms with Crippen molar-refractivity contribution in [2.24, 2.45) is 10.9 Å². The van der Waals surface area contributed by atoms with Crippen molar-refractivity contribution in [3.05, 3.63) is 44.9 Å². The minimum atomic E-state index is -0.0302. The van der Waals surface area contributed by atoms with Gasteiger partial charge in [-0.15, -0.1) is 11.3 Å². The van der Waals surface area contributed by atoms with Crippen molar-refractivity contribution in [2.45, 2.75) is 26.3 Å². The molecular weight excluding hydrogens is 322 g/mol. The third-order valence-corrected chi connectivity index (χ3v) is 5.42. The quantitative estimate of drug-likeness (QED) is 0.837. The summed E-state index contributed by atoms with van der Waals surface area (Å²) in [6.07, 6.45) is 2.82. The highest BCUT2D eigenvalue weighted by Crippen LogP contribution is 2.25. The molecule has 0 fully saturated rings. The molecule has 24 heavy (non-hydrogen) atoms. The SMILES string of the molecule is COCC(NC(=O)c1ccc(C2=c3cc[nH]c3=NCC2)s1)C(C)C. The molecular formula is C18H23N3O2S. The first-order valence-corrected chi connectivity index (χ1v) is 9.03. The van der Waals surface area contributed by atoms with Gasteiger partial charge in [-0.05, 0) is 36.1 Å². The van der Waals surface area contributed by atoms with Crippen LogP contribution in [0.4, 0.5) is 0 Å². The molecule has 0 aromatic carbocycles. The van der Waals surface area contributed by atoms with Gasteiger partial charge < -0.3 is 15.0 Å². The number of ether oxygens (including phenoxy) is 1. The number of methoxy groups -OCH3 is 1. The Morgan fingerprint density at radius 1 is 1.42 bits per heavy atom. The highest BCUT2D eigenvalue weighted by Gasteiger charge is 2.19. The Morgan fingerprint density at radius 2 is 2.25 bits per heavy atom. The molecule has 3 heterocycles. The average Bonchev–Trinajstić information content (AvgIpc) is 3.23. The van der Waals surface area contributed by atoms with Crippen LogP contribution >= 0.6 is 11.3 Å². The molecule has 1 amide bonds. The smallest absolute Gasteiger partial charge is 0.261 e. The van der Waals surface area contributed by atoms with E-state index in [1.54, 1.807) is 18.4 Å². The Hall–Kier alpha value is -1.92. The van der Waals surface area contributed by atoms with E-state index in [2.05, 4.69) is 35.2 Å². The van der Waals surface area contributed by atoms with Crippen LogP contribution in [0, 0.1) is 5.92 Å². The van der Waals surface area contributed by atoms with Gasteiger partial charge in [0.2, 0.25) is 0 Å². The fraction of sp³-hybridized carbons (Fsp3) is 0.444. The molecule has 1 unspecified atom stereocenters. The van der Waals surface area contributed by atoms with Gasteiger partial charge >= 0.3 is 0 Å². The molecule has 5 nitrogen and oxygen atoms in total.